The van der Waals surface area contributed by atoms with E-state index >= 15 is 0 Å². The first kappa shape index (κ1) is 14.7. The third kappa shape index (κ3) is 5.66. The molecule has 0 aliphatic carbocycles. The molecular weight excluding hydrogens is 212 g/mol. The van der Waals surface area contributed by atoms with Crippen molar-refractivity contribution in [3.05, 3.63) is 12.2 Å². The summed E-state index contributed by atoms with van der Waals surface area (Å²) in [4.78, 5) is 2.39. The van der Waals surface area contributed by atoms with Crippen LogP contribution in [-0.2, 0) is 0 Å². The van der Waals surface area contributed by atoms with Gasteiger partial charge in [-0.15, -0.1) is 0 Å². The highest BCUT2D eigenvalue weighted by Crippen LogP contribution is 2.17. The van der Waals surface area contributed by atoms with Crippen LogP contribution >= 0.6 is 0 Å². The molecule has 0 spiro atoms. The number of hydrogen-bond donors (Lipinski definition) is 2. The molecule has 17 heavy (non-hydrogen) atoms. The number of aliphatic hydroxyl groups excluding tert-OH is 1. The van der Waals surface area contributed by atoms with Crippen molar-refractivity contribution in [2.45, 2.75) is 45.8 Å². The van der Waals surface area contributed by atoms with Crippen molar-refractivity contribution in [3.8, 4) is 0 Å². The van der Waals surface area contributed by atoms with E-state index in [0.717, 1.165) is 32.6 Å². The quantitative estimate of drug-likeness (QED) is 0.733. The second kappa shape index (κ2) is 5.98. The molecule has 0 radical (unpaired) electrons. The first-order valence-electron chi connectivity index (χ1n) is 6.60. The Morgan fingerprint density at radius 2 is 2.12 bits per heavy atom. The molecule has 0 saturated carbocycles. The molecular formula is C14H28N2O. The Kier molecular flexibility index (Phi) is 5.17. The summed E-state index contributed by atoms with van der Waals surface area (Å²) in [6.45, 7) is 16.5. The lowest BCUT2D eigenvalue weighted by Crippen LogP contribution is -2.44. The van der Waals surface area contributed by atoms with E-state index in [-0.39, 0.29) is 11.6 Å². The van der Waals surface area contributed by atoms with E-state index in [9.17, 15) is 5.11 Å². The fourth-order valence-electron chi connectivity index (χ4n) is 2.13. The SMILES string of the molecule is C=C(CNC(C)(C)C)CN1CCC(O)C(C)C1. The largest absolute Gasteiger partial charge is 0.393 e. The summed E-state index contributed by atoms with van der Waals surface area (Å²) in [6.07, 6.45) is 0.772. The number of nitrogens with one attached hydrogen (secondary N) is 1. The lowest BCUT2D eigenvalue weighted by molar-refractivity contribution is 0.0385. The molecule has 1 heterocycles. The molecule has 1 saturated heterocycles. The van der Waals surface area contributed by atoms with E-state index in [1.807, 2.05) is 0 Å². The number of aliphatic hydroxyl groups is 1. The van der Waals surface area contributed by atoms with Gasteiger partial charge in [0, 0.05) is 31.7 Å². The van der Waals surface area contributed by atoms with Crippen LogP contribution in [0.5, 0.6) is 0 Å². The van der Waals surface area contributed by atoms with Crippen LogP contribution in [0.15, 0.2) is 12.2 Å². The number of piperidine rings is 1. The Bertz CT molecular complexity index is 257. The Morgan fingerprint density at radius 3 is 2.65 bits per heavy atom. The van der Waals surface area contributed by atoms with E-state index in [1.165, 1.54) is 5.57 Å². The predicted octanol–water partition coefficient (Wildman–Crippen LogP) is 1.63. The normalized spacial score (nSPS) is 27.1. The zero-order valence-corrected chi connectivity index (χ0v) is 11.8. The van der Waals surface area contributed by atoms with E-state index in [2.05, 4.69) is 44.5 Å². The fourth-order valence-corrected chi connectivity index (χ4v) is 2.13. The Balaban J connectivity index is 2.27. The van der Waals surface area contributed by atoms with Gasteiger partial charge in [-0.2, -0.15) is 0 Å². The van der Waals surface area contributed by atoms with Crippen molar-refractivity contribution >= 4 is 0 Å². The average Bonchev–Trinajstić information content (AvgIpc) is 2.20. The summed E-state index contributed by atoms with van der Waals surface area (Å²) in [6, 6.07) is 0. The van der Waals surface area contributed by atoms with E-state index < -0.39 is 0 Å². The predicted molar refractivity (Wildman–Crippen MR) is 73.1 cm³/mol. The third-order valence-corrected chi connectivity index (χ3v) is 3.26. The third-order valence-electron chi connectivity index (χ3n) is 3.26. The van der Waals surface area contributed by atoms with Crippen LogP contribution in [0.4, 0.5) is 0 Å². The second-order valence-electron chi connectivity index (χ2n) is 6.42. The molecule has 0 aromatic rings. The summed E-state index contributed by atoms with van der Waals surface area (Å²) in [7, 11) is 0. The highest BCUT2D eigenvalue weighted by Gasteiger charge is 2.24. The zero-order valence-electron chi connectivity index (χ0n) is 11.8. The van der Waals surface area contributed by atoms with Crippen LogP contribution in [-0.4, -0.2) is 47.8 Å². The van der Waals surface area contributed by atoms with Crippen LogP contribution in [0.2, 0.25) is 0 Å². The van der Waals surface area contributed by atoms with Crippen LogP contribution in [0.25, 0.3) is 0 Å². The van der Waals surface area contributed by atoms with Gasteiger partial charge in [0.05, 0.1) is 6.10 Å². The highest BCUT2D eigenvalue weighted by atomic mass is 16.3. The molecule has 2 atom stereocenters. The van der Waals surface area contributed by atoms with Gasteiger partial charge in [-0.3, -0.25) is 4.90 Å². The Labute approximate surface area is 106 Å². The highest BCUT2D eigenvalue weighted by molar-refractivity contribution is 5.02. The fraction of sp³-hybridized carbons (Fsp3) is 0.857. The molecule has 1 aliphatic heterocycles. The summed E-state index contributed by atoms with van der Waals surface area (Å²) in [5.41, 5.74) is 1.37. The van der Waals surface area contributed by atoms with Crippen molar-refractivity contribution in [2.24, 2.45) is 5.92 Å². The molecule has 0 aromatic carbocycles. The standard InChI is InChI=1S/C14H28N2O/c1-11(8-15-14(3,4)5)9-16-7-6-13(17)12(2)10-16/h12-13,15,17H,1,6-10H2,2-5H3. The Morgan fingerprint density at radius 1 is 1.47 bits per heavy atom. The van der Waals surface area contributed by atoms with Crippen molar-refractivity contribution in [3.63, 3.8) is 0 Å². The van der Waals surface area contributed by atoms with Crippen LogP contribution < -0.4 is 5.32 Å². The molecule has 3 heteroatoms. The smallest absolute Gasteiger partial charge is 0.0590 e. The molecule has 1 rings (SSSR count). The summed E-state index contributed by atoms with van der Waals surface area (Å²) in [5, 5.41) is 13.1. The number of nitrogens with zero attached hydrogens (tertiary/aromatic N) is 1. The molecule has 0 bridgehead atoms. The monoisotopic (exact) mass is 240 g/mol. The molecule has 100 valence electrons. The van der Waals surface area contributed by atoms with Gasteiger partial charge in [-0.05, 0) is 38.7 Å². The van der Waals surface area contributed by atoms with Gasteiger partial charge in [0.25, 0.3) is 0 Å². The van der Waals surface area contributed by atoms with Gasteiger partial charge >= 0.3 is 0 Å². The summed E-state index contributed by atoms with van der Waals surface area (Å²) >= 11 is 0. The molecule has 3 nitrogen and oxygen atoms in total. The van der Waals surface area contributed by atoms with Crippen molar-refractivity contribution in [1.82, 2.24) is 10.2 Å². The minimum Gasteiger partial charge on any atom is -0.393 e. The average molecular weight is 240 g/mol. The first-order valence-corrected chi connectivity index (χ1v) is 6.60. The minimum atomic E-state index is -0.118. The Hall–Kier alpha value is -0.380. The zero-order chi connectivity index (χ0) is 13.1. The lowest BCUT2D eigenvalue weighted by Gasteiger charge is -2.35. The topological polar surface area (TPSA) is 35.5 Å². The first-order chi connectivity index (χ1) is 7.78. The van der Waals surface area contributed by atoms with Crippen molar-refractivity contribution < 1.29 is 5.11 Å². The van der Waals surface area contributed by atoms with Gasteiger partial charge in [-0.25, -0.2) is 0 Å². The summed E-state index contributed by atoms with van der Waals surface area (Å²) < 4.78 is 0. The lowest BCUT2D eigenvalue weighted by atomic mass is 9.96. The van der Waals surface area contributed by atoms with Gasteiger partial charge in [-0.1, -0.05) is 13.5 Å². The maximum absolute atomic E-state index is 9.68. The molecule has 2 unspecified atom stereocenters. The molecule has 0 amide bonds. The van der Waals surface area contributed by atoms with Crippen LogP contribution in [0.1, 0.15) is 34.1 Å². The maximum atomic E-state index is 9.68. The molecule has 2 N–H and O–H groups in total. The molecule has 0 aromatic heterocycles. The van der Waals surface area contributed by atoms with Gasteiger partial charge in [0.1, 0.15) is 0 Å². The van der Waals surface area contributed by atoms with Gasteiger partial charge in [0.2, 0.25) is 0 Å². The van der Waals surface area contributed by atoms with E-state index in [1.54, 1.807) is 0 Å². The number of hydrogen-bond acceptors (Lipinski definition) is 3. The van der Waals surface area contributed by atoms with E-state index in [4.69, 9.17) is 0 Å². The maximum Gasteiger partial charge on any atom is 0.0590 e. The van der Waals surface area contributed by atoms with Gasteiger partial charge in [0.15, 0.2) is 0 Å². The molecule has 1 aliphatic rings. The second-order valence-corrected chi connectivity index (χ2v) is 6.42. The molecule has 1 fully saturated rings. The summed E-state index contributed by atoms with van der Waals surface area (Å²) in [5.74, 6) is 0.382. The van der Waals surface area contributed by atoms with Gasteiger partial charge < -0.3 is 10.4 Å². The van der Waals surface area contributed by atoms with Crippen molar-refractivity contribution in [1.29, 1.82) is 0 Å². The van der Waals surface area contributed by atoms with Crippen LogP contribution in [0.3, 0.4) is 0 Å². The van der Waals surface area contributed by atoms with Crippen LogP contribution in [0, 0.1) is 5.92 Å². The van der Waals surface area contributed by atoms with Crippen molar-refractivity contribution in [2.75, 3.05) is 26.2 Å². The van der Waals surface area contributed by atoms with E-state index in [0.29, 0.717) is 5.92 Å². The number of likely N-dealkylation sites (tertiary alicyclic amines) is 1. The number of rotatable bonds is 4. The minimum absolute atomic E-state index is 0.118.